The molecule has 0 amide bonds. The number of anilines is 1. The first-order valence-corrected chi connectivity index (χ1v) is 8.29. The van der Waals surface area contributed by atoms with Crippen LogP contribution in [0.15, 0.2) is 41.1 Å². The number of halogens is 1. The summed E-state index contributed by atoms with van der Waals surface area (Å²) in [6.45, 7) is 5.42. The van der Waals surface area contributed by atoms with Crippen molar-refractivity contribution in [2.75, 3.05) is 11.4 Å². The van der Waals surface area contributed by atoms with E-state index in [9.17, 15) is 0 Å². The summed E-state index contributed by atoms with van der Waals surface area (Å²) in [5, 5.41) is 0. The molecule has 0 spiro atoms. The molecule has 0 radical (unpaired) electrons. The van der Waals surface area contributed by atoms with Gasteiger partial charge in [-0.2, -0.15) is 0 Å². The highest BCUT2D eigenvalue weighted by atomic mass is 79.9. The van der Waals surface area contributed by atoms with Gasteiger partial charge < -0.3 is 4.90 Å². The molecule has 3 nitrogen and oxygen atoms in total. The normalized spacial score (nSPS) is 21.8. The van der Waals surface area contributed by atoms with Gasteiger partial charge >= 0.3 is 0 Å². The Balaban J connectivity index is 1.85. The van der Waals surface area contributed by atoms with Crippen LogP contribution in [0.3, 0.4) is 0 Å². The summed E-state index contributed by atoms with van der Waals surface area (Å²) >= 11 is 3.40. The van der Waals surface area contributed by atoms with Crippen LogP contribution in [-0.4, -0.2) is 22.6 Å². The van der Waals surface area contributed by atoms with Crippen LogP contribution in [0.25, 0.3) is 0 Å². The fourth-order valence-electron chi connectivity index (χ4n) is 3.26. The van der Waals surface area contributed by atoms with Gasteiger partial charge in [-0.3, -0.25) is 0 Å². The summed E-state index contributed by atoms with van der Waals surface area (Å²) in [5.74, 6) is 1.42. The molecule has 1 aliphatic rings. The molecule has 1 saturated heterocycles. The van der Waals surface area contributed by atoms with Crippen LogP contribution in [-0.2, 0) is 0 Å². The lowest BCUT2D eigenvalue weighted by Gasteiger charge is -2.27. The van der Waals surface area contributed by atoms with E-state index >= 15 is 0 Å². The molecule has 4 heteroatoms. The van der Waals surface area contributed by atoms with Gasteiger partial charge in [0.2, 0.25) is 5.95 Å². The summed E-state index contributed by atoms with van der Waals surface area (Å²) < 4.78 is 0.925. The second-order valence-electron chi connectivity index (χ2n) is 5.68. The maximum absolute atomic E-state index is 4.47. The SMILES string of the molecule is CC[C@H]1[C@@H](c2ccc(C)cc2)CCN1c1ncc(Br)cn1. The summed E-state index contributed by atoms with van der Waals surface area (Å²) in [5.41, 5.74) is 2.75. The van der Waals surface area contributed by atoms with Gasteiger partial charge in [0.15, 0.2) is 0 Å². The smallest absolute Gasteiger partial charge is 0.225 e. The zero-order valence-corrected chi connectivity index (χ0v) is 14.0. The maximum Gasteiger partial charge on any atom is 0.225 e. The Bertz CT molecular complexity index is 541. The standard InChI is InChI=1S/C17H20BrN3/c1-3-16-15(13-6-4-12(2)5-7-13)8-9-21(16)17-19-10-14(18)11-20-17/h4-7,10-11,15-16H,3,8-9H2,1-2H3/t15-,16+/m1/s1. The van der Waals surface area contributed by atoms with Gasteiger partial charge in [-0.15, -0.1) is 0 Å². The van der Waals surface area contributed by atoms with Crippen LogP contribution in [0.5, 0.6) is 0 Å². The first kappa shape index (κ1) is 14.5. The molecule has 0 saturated carbocycles. The number of nitrogens with zero attached hydrogens (tertiary/aromatic N) is 3. The minimum absolute atomic E-state index is 0.480. The zero-order chi connectivity index (χ0) is 14.8. The summed E-state index contributed by atoms with van der Waals surface area (Å²) in [6, 6.07) is 9.44. The van der Waals surface area contributed by atoms with E-state index in [1.54, 1.807) is 0 Å². The van der Waals surface area contributed by atoms with Crippen LogP contribution in [0.2, 0.25) is 0 Å². The molecule has 0 bridgehead atoms. The topological polar surface area (TPSA) is 29.0 Å². The molecule has 1 aromatic carbocycles. The Morgan fingerprint density at radius 3 is 2.48 bits per heavy atom. The van der Waals surface area contributed by atoms with E-state index in [4.69, 9.17) is 0 Å². The van der Waals surface area contributed by atoms with Gasteiger partial charge in [0, 0.05) is 30.9 Å². The van der Waals surface area contributed by atoms with Gasteiger partial charge in [-0.25, -0.2) is 9.97 Å². The number of hydrogen-bond acceptors (Lipinski definition) is 3. The highest BCUT2D eigenvalue weighted by Crippen LogP contribution is 2.37. The van der Waals surface area contributed by atoms with Gasteiger partial charge in [-0.1, -0.05) is 36.8 Å². The molecule has 2 heterocycles. The third-order valence-corrected chi connectivity index (χ3v) is 4.74. The minimum Gasteiger partial charge on any atom is -0.337 e. The fraction of sp³-hybridized carbons (Fsp3) is 0.412. The average molecular weight is 346 g/mol. The first-order valence-electron chi connectivity index (χ1n) is 7.49. The Kier molecular flexibility index (Phi) is 4.24. The Hall–Kier alpha value is -1.42. The van der Waals surface area contributed by atoms with E-state index in [0.29, 0.717) is 12.0 Å². The largest absolute Gasteiger partial charge is 0.337 e. The molecule has 0 N–H and O–H groups in total. The zero-order valence-electron chi connectivity index (χ0n) is 12.5. The number of rotatable bonds is 3. The third-order valence-electron chi connectivity index (χ3n) is 4.33. The predicted octanol–water partition coefficient (Wildman–Crippen LogP) is 4.32. The lowest BCUT2D eigenvalue weighted by molar-refractivity contribution is 0.566. The van der Waals surface area contributed by atoms with Crippen molar-refractivity contribution in [1.29, 1.82) is 0 Å². The van der Waals surface area contributed by atoms with Crippen LogP contribution in [0.1, 0.15) is 36.8 Å². The van der Waals surface area contributed by atoms with E-state index in [-0.39, 0.29) is 0 Å². The number of aryl methyl sites for hydroxylation is 1. The molecule has 3 rings (SSSR count). The minimum atomic E-state index is 0.480. The Labute approximate surface area is 134 Å². The molecule has 2 atom stereocenters. The molecule has 2 aromatic rings. The van der Waals surface area contributed by atoms with Gasteiger partial charge in [0.05, 0.1) is 4.47 Å². The molecule has 1 aliphatic heterocycles. The first-order chi connectivity index (χ1) is 10.2. The second kappa shape index (κ2) is 6.14. The highest BCUT2D eigenvalue weighted by molar-refractivity contribution is 9.10. The van der Waals surface area contributed by atoms with Crippen molar-refractivity contribution in [2.24, 2.45) is 0 Å². The predicted molar refractivity (Wildman–Crippen MR) is 89.7 cm³/mol. The van der Waals surface area contributed by atoms with E-state index in [1.807, 2.05) is 12.4 Å². The summed E-state index contributed by atoms with van der Waals surface area (Å²) in [6.07, 6.45) is 5.93. The average Bonchev–Trinajstić information content (AvgIpc) is 2.92. The molecule has 0 unspecified atom stereocenters. The van der Waals surface area contributed by atoms with Crippen molar-refractivity contribution in [3.63, 3.8) is 0 Å². The Morgan fingerprint density at radius 2 is 1.86 bits per heavy atom. The molecule has 110 valence electrons. The molecular weight excluding hydrogens is 326 g/mol. The van der Waals surface area contributed by atoms with Crippen LogP contribution < -0.4 is 4.90 Å². The monoisotopic (exact) mass is 345 g/mol. The van der Waals surface area contributed by atoms with Crippen molar-refractivity contribution in [2.45, 2.75) is 38.6 Å². The van der Waals surface area contributed by atoms with Crippen molar-refractivity contribution in [3.8, 4) is 0 Å². The van der Waals surface area contributed by atoms with E-state index in [2.05, 4.69) is 68.9 Å². The van der Waals surface area contributed by atoms with E-state index in [1.165, 1.54) is 17.5 Å². The fourth-order valence-corrected chi connectivity index (χ4v) is 3.47. The Morgan fingerprint density at radius 1 is 1.19 bits per heavy atom. The molecular formula is C17H20BrN3. The lowest BCUT2D eigenvalue weighted by Crippen LogP contribution is -2.32. The van der Waals surface area contributed by atoms with Gasteiger partial charge in [0.1, 0.15) is 0 Å². The van der Waals surface area contributed by atoms with Crippen molar-refractivity contribution < 1.29 is 0 Å². The van der Waals surface area contributed by atoms with Gasteiger partial charge in [0.25, 0.3) is 0 Å². The lowest BCUT2D eigenvalue weighted by atomic mass is 9.90. The van der Waals surface area contributed by atoms with Crippen LogP contribution in [0.4, 0.5) is 5.95 Å². The summed E-state index contributed by atoms with van der Waals surface area (Å²) in [4.78, 5) is 11.3. The van der Waals surface area contributed by atoms with E-state index in [0.717, 1.165) is 23.4 Å². The quantitative estimate of drug-likeness (QED) is 0.829. The summed E-state index contributed by atoms with van der Waals surface area (Å²) in [7, 11) is 0. The number of benzene rings is 1. The molecule has 21 heavy (non-hydrogen) atoms. The number of aromatic nitrogens is 2. The van der Waals surface area contributed by atoms with Crippen LogP contribution in [0, 0.1) is 6.92 Å². The molecule has 0 aliphatic carbocycles. The van der Waals surface area contributed by atoms with Crippen LogP contribution >= 0.6 is 15.9 Å². The number of hydrogen-bond donors (Lipinski definition) is 0. The third kappa shape index (κ3) is 2.95. The maximum atomic E-state index is 4.47. The van der Waals surface area contributed by atoms with E-state index < -0.39 is 0 Å². The van der Waals surface area contributed by atoms with Gasteiger partial charge in [-0.05, 0) is 41.3 Å². The van der Waals surface area contributed by atoms with Crippen molar-refractivity contribution in [3.05, 3.63) is 52.3 Å². The van der Waals surface area contributed by atoms with Crippen molar-refractivity contribution >= 4 is 21.9 Å². The second-order valence-corrected chi connectivity index (χ2v) is 6.59. The highest BCUT2D eigenvalue weighted by Gasteiger charge is 2.35. The molecule has 1 aromatic heterocycles. The van der Waals surface area contributed by atoms with Crippen molar-refractivity contribution in [1.82, 2.24) is 9.97 Å². The molecule has 1 fully saturated rings.